The Bertz CT molecular complexity index is 187. The SMILES string of the molecule is CCCC(C)COC(C)CC(C)(CO)NCC. The molecular formula is C14H31NO2. The van der Waals surface area contributed by atoms with E-state index in [1.807, 2.05) is 6.92 Å². The van der Waals surface area contributed by atoms with Gasteiger partial charge in [0.2, 0.25) is 0 Å². The Kier molecular flexibility index (Phi) is 8.83. The number of nitrogens with one attached hydrogen (secondary N) is 1. The fourth-order valence-corrected chi connectivity index (χ4v) is 2.22. The van der Waals surface area contributed by atoms with Crippen LogP contribution in [0.1, 0.15) is 53.9 Å². The highest BCUT2D eigenvalue weighted by molar-refractivity contribution is 4.84. The van der Waals surface area contributed by atoms with Crippen molar-refractivity contribution < 1.29 is 9.84 Å². The van der Waals surface area contributed by atoms with Crippen molar-refractivity contribution in [3.63, 3.8) is 0 Å². The van der Waals surface area contributed by atoms with Crippen molar-refractivity contribution in [2.75, 3.05) is 19.8 Å². The number of aliphatic hydroxyl groups excluding tert-OH is 1. The van der Waals surface area contributed by atoms with E-state index in [0.717, 1.165) is 19.6 Å². The molecule has 0 saturated heterocycles. The van der Waals surface area contributed by atoms with Gasteiger partial charge in [-0.25, -0.2) is 0 Å². The van der Waals surface area contributed by atoms with Crippen molar-refractivity contribution in [1.29, 1.82) is 0 Å². The lowest BCUT2D eigenvalue weighted by atomic mass is 9.95. The molecule has 0 bridgehead atoms. The van der Waals surface area contributed by atoms with Crippen molar-refractivity contribution in [2.45, 2.75) is 65.5 Å². The largest absolute Gasteiger partial charge is 0.394 e. The average molecular weight is 245 g/mol. The summed E-state index contributed by atoms with van der Waals surface area (Å²) >= 11 is 0. The summed E-state index contributed by atoms with van der Waals surface area (Å²) in [5.74, 6) is 0.627. The lowest BCUT2D eigenvalue weighted by Crippen LogP contribution is -2.48. The molecule has 0 aliphatic carbocycles. The average Bonchev–Trinajstić information content (AvgIpc) is 2.27. The van der Waals surface area contributed by atoms with Crippen LogP contribution >= 0.6 is 0 Å². The highest BCUT2D eigenvalue weighted by Gasteiger charge is 2.25. The van der Waals surface area contributed by atoms with E-state index < -0.39 is 0 Å². The molecule has 0 aromatic carbocycles. The third kappa shape index (κ3) is 7.74. The summed E-state index contributed by atoms with van der Waals surface area (Å²) in [4.78, 5) is 0. The zero-order valence-corrected chi connectivity index (χ0v) is 12.3. The molecule has 0 aliphatic heterocycles. The van der Waals surface area contributed by atoms with Crippen molar-refractivity contribution in [1.82, 2.24) is 5.32 Å². The minimum Gasteiger partial charge on any atom is -0.394 e. The summed E-state index contributed by atoms with van der Waals surface area (Å²) in [6, 6.07) is 0. The first-order valence-corrected chi connectivity index (χ1v) is 6.94. The lowest BCUT2D eigenvalue weighted by Gasteiger charge is -2.31. The Balaban J connectivity index is 3.94. The van der Waals surface area contributed by atoms with Gasteiger partial charge in [-0.05, 0) is 39.2 Å². The summed E-state index contributed by atoms with van der Waals surface area (Å²) in [7, 11) is 0. The quantitative estimate of drug-likeness (QED) is 0.621. The standard InChI is InChI=1S/C14H31NO2/c1-6-8-12(3)10-17-13(4)9-14(5,11-16)15-7-2/h12-13,15-16H,6-11H2,1-5H3. The van der Waals surface area contributed by atoms with Gasteiger partial charge in [-0.2, -0.15) is 0 Å². The van der Waals surface area contributed by atoms with Crippen LogP contribution in [0.2, 0.25) is 0 Å². The predicted molar refractivity (Wildman–Crippen MR) is 73.3 cm³/mol. The number of hydrogen-bond acceptors (Lipinski definition) is 3. The number of ether oxygens (including phenoxy) is 1. The van der Waals surface area contributed by atoms with Gasteiger partial charge >= 0.3 is 0 Å². The maximum absolute atomic E-state index is 9.41. The third-order valence-electron chi connectivity index (χ3n) is 3.14. The van der Waals surface area contributed by atoms with E-state index in [0.29, 0.717) is 5.92 Å². The van der Waals surface area contributed by atoms with Crippen LogP contribution in [-0.2, 0) is 4.74 Å². The molecule has 0 heterocycles. The Morgan fingerprint density at radius 2 is 1.94 bits per heavy atom. The van der Waals surface area contributed by atoms with Gasteiger partial charge in [0.1, 0.15) is 0 Å². The fourth-order valence-electron chi connectivity index (χ4n) is 2.22. The fraction of sp³-hybridized carbons (Fsp3) is 1.00. The summed E-state index contributed by atoms with van der Waals surface area (Å²) in [5, 5.41) is 12.7. The highest BCUT2D eigenvalue weighted by Crippen LogP contribution is 2.15. The first-order valence-electron chi connectivity index (χ1n) is 6.94. The maximum atomic E-state index is 9.41. The van der Waals surface area contributed by atoms with Crippen molar-refractivity contribution in [3.05, 3.63) is 0 Å². The van der Waals surface area contributed by atoms with Crippen LogP contribution in [0.5, 0.6) is 0 Å². The van der Waals surface area contributed by atoms with Crippen LogP contribution < -0.4 is 5.32 Å². The molecule has 3 atom stereocenters. The van der Waals surface area contributed by atoms with E-state index >= 15 is 0 Å². The molecule has 0 aromatic heterocycles. The zero-order chi connectivity index (χ0) is 13.3. The van der Waals surface area contributed by atoms with Crippen LogP contribution in [0.25, 0.3) is 0 Å². The van der Waals surface area contributed by atoms with Crippen LogP contribution in [0.3, 0.4) is 0 Å². The minimum atomic E-state index is -0.220. The van der Waals surface area contributed by atoms with E-state index in [1.54, 1.807) is 0 Å². The summed E-state index contributed by atoms with van der Waals surface area (Å²) in [6.45, 7) is 12.5. The summed E-state index contributed by atoms with van der Waals surface area (Å²) < 4.78 is 5.85. The number of aliphatic hydroxyl groups is 1. The smallest absolute Gasteiger partial charge is 0.0611 e. The first kappa shape index (κ1) is 16.9. The Hall–Kier alpha value is -0.120. The van der Waals surface area contributed by atoms with E-state index in [9.17, 15) is 5.11 Å². The van der Waals surface area contributed by atoms with E-state index in [4.69, 9.17) is 4.74 Å². The second-order valence-corrected chi connectivity index (χ2v) is 5.49. The first-order chi connectivity index (χ1) is 7.97. The molecule has 3 nitrogen and oxygen atoms in total. The lowest BCUT2D eigenvalue weighted by molar-refractivity contribution is 0.0118. The third-order valence-corrected chi connectivity index (χ3v) is 3.14. The minimum absolute atomic E-state index is 0.152. The second kappa shape index (κ2) is 8.90. The van der Waals surface area contributed by atoms with Crippen LogP contribution in [0.15, 0.2) is 0 Å². The van der Waals surface area contributed by atoms with Crippen LogP contribution in [-0.4, -0.2) is 36.5 Å². The van der Waals surface area contributed by atoms with E-state index in [-0.39, 0.29) is 18.2 Å². The highest BCUT2D eigenvalue weighted by atomic mass is 16.5. The normalized spacial score (nSPS) is 18.7. The molecule has 0 rings (SSSR count). The number of hydrogen-bond donors (Lipinski definition) is 2. The topological polar surface area (TPSA) is 41.5 Å². The molecule has 2 N–H and O–H groups in total. The molecule has 0 amide bonds. The van der Waals surface area contributed by atoms with Gasteiger partial charge in [0.25, 0.3) is 0 Å². The van der Waals surface area contributed by atoms with Gasteiger partial charge in [0.05, 0.1) is 12.7 Å². The summed E-state index contributed by atoms with van der Waals surface area (Å²) in [5.41, 5.74) is -0.220. The molecule has 0 aromatic rings. The number of likely N-dealkylation sites (N-methyl/N-ethyl adjacent to an activating group) is 1. The molecule has 0 saturated carbocycles. The van der Waals surface area contributed by atoms with Gasteiger partial charge < -0.3 is 15.2 Å². The molecule has 0 spiro atoms. The Morgan fingerprint density at radius 3 is 2.41 bits per heavy atom. The van der Waals surface area contributed by atoms with Crippen molar-refractivity contribution in [2.24, 2.45) is 5.92 Å². The van der Waals surface area contributed by atoms with Gasteiger partial charge in [0.15, 0.2) is 0 Å². The van der Waals surface area contributed by atoms with Crippen molar-refractivity contribution in [3.8, 4) is 0 Å². The summed E-state index contributed by atoms with van der Waals surface area (Å²) in [6.07, 6.45) is 3.46. The van der Waals surface area contributed by atoms with Gasteiger partial charge in [-0.1, -0.05) is 27.2 Å². The van der Waals surface area contributed by atoms with Gasteiger partial charge in [0, 0.05) is 12.1 Å². The predicted octanol–water partition coefficient (Wildman–Crippen LogP) is 2.58. The molecule has 0 fully saturated rings. The van der Waals surface area contributed by atoms with Gasteiger partial charge in [-0.15, -0.1) is 0 Å². The molecule has 3 heteroatoms. The molecule has 0 aliphatic rings. The monoisotopic (exact) mass is 245 g/mol. The molecule has 0 radical (unpaired) electrons. The van der Waals surface area contributed by atoms with Crippen molar-refractivity contribution >= 4 is 0 Å². The van der Waals surface area contributed by atoms with E-state index in [1.165, 1.54) is 12.8 Å². The molecular weight excluding hydrogens is 214 g/mol. The molecule has 17 heavy (non-hydrogen) atoms. The molecule has 104 valence electrons. The van der Waals surface area contributed by atoms with Crippen LogP contribution in [0, 0.1) is 5.92 Å². The van der Waals surface area contributed by atoms with Gasteiger partial charge in [-0.3, -0.25) is 0 Å². The zero-order valence-electron chi connectivity index (χ0n) is 12.3. The Morgan fingerprint density at radius 1 is 1.29 bits per heavy atom. The maximum Gasteiger partial charge on any atom is 0.0611 e. The number of rotatable bonds is 10. The molecule has 3 unspecified atom stereocenters. The second-order valence-electron chi connectivity index (χ2n) is 5.49. The Labute approximate surface area is 107 Å². The van der Waals surface area contributed by atoms with E-state index in [2.05, 4.69) is 33.0 Å². The van der Waals surface area contributed by atoms with Crippen LogP contribution in [0.4, 0.5) is 0 Å².